The van der Waals surface area contributed by atoms with Gasteiger partial charge in [0.05, 0.1) is 16.1 Å². The van der Waals surface area contributed by atoms with Gasteiger partial charge >= 0.3 is 0 Å². The van der Waals surface area contributed by atoms with E-state index in [1.165, 1.54) is 5.56 Å². The highest BCUT2D eigenvalue weighted by Crippen LogP contribution is 2.42. The molecular formula is C18H18BrClO2. The number of ether oxygens (including phenoxy) is 2. The Balaban J connectivity index is 1.87. The summed E-state index contributed by atoms with van der Waals surface area (Å²) in [4.78, 5) is 0. The highest BCUT2D eigenvalue weighted by Gasteiger charge is 2.26. The molecule has 1 aliphatic rings. The van der Waals surface area contributed by atoms with Gasteiger partial charge in [-0.15, -0.1) is 0 Å². The summed E-state index contributed by atoms with van der Waals surface area (Å²) in [7, 11) is 0. The molecule has 2 aromatic rings. The van der Waals surface area contributed by atoms with Gasteiger partial charge in [-0.3, -0.25) is 0 Å². The number of rotatable bonds is 4. The lowest BCUT2D eigenvalue weighted by atomic mass is 10.0. The standard InChI is InChI=1S/C18H18BrClO2/c1-3-21-14-6-4-12(5-7-14)9-13-10-16(19)18-15(17(13)20)8-11(2)22-18/h4-7,10-11H,3,8-9H2,1-2H3. The minimum atomic E-state index is 0.185. The summed E-state index contributed by atoms with van der Waals surface area (Å²) < 4.78 is 12.3. The molecule has 0 N–H and O–H groups in total. The number of halogens is 2. The van der Waals surface area contributed by atoms with Gasteiger partial charge in [0.1, 0.15) is 17.6 Å². The Morgan fingerprint density at radius 1 is 1.32 bits per heavy atom. The van der Waals surface area contributed by atoms with E-state index in [4.69, 9.17) is 21.1 Å². The van der Waals surface area contributed by atoms with Crippen molar-refractivity contribution in [2.45, 2.75) is 32.8 Å². The fourth-order valence-electron chi connectivity index (χ4n) is 2.78. The topological polar surface area (TPSA) is 18.5 Å². The van der Waals surface area contributed by atoms with Crippen molar-refractivity contribution in [1.82, 2.24) is 0 Å². The smallest absolute Gasteiger partial charge is 0.138 e. The quantitative estimate of drug-likeness (QED) is 0.704. The van der Waals surface area contributed by atoms with Crippen molar-refractivity contribution in [3.05, 3.63) is 56.5 Å². The Labute approximate surface area is 144 Å². The van der Waals surface area contributed by atoms with Crippen molar-refractivity contribution in [3.8, 4) is 11.5 Å². The van der Waals surface area contributed by atoms with Crippen molar-refractivity contribution >= 4 is 27.5 Å². The van der Waals surface area contributed by atoms with Crippen LogP contribution < -0.4 is 9.47 Å². The molecule has 1 unspecified atom stereocenters. The lowest BCUT2D eigenvalue weighted by molar-refractivity contribution is 0.253. The van der Waals surface area contributed by atoms with E-state index >= 15 is 0 Å². The molecule has 2 aromatic carbocycles. The summed E-state index contributed by atoms with van der Waals surface area (Å²) in [6, 6.07) is 10.2. The SMILES string of the molecule is CCOc1ccc(Cc2cc(Br)c3c(c2Cl)CC(C)O3)cc1. The van der Waals surface area contributed by atoms with Crippen LogP contribution in [0.25, 0.3) is 0 Å². The Bertz CT molecular complexity index is 682. The van der Waals surface area contributed by atoms with Crippen LogP contribution in [0.5, 0.6) is 11.5 Å². The van der Waals surface area contributed by atoms with Gasteiger partial charge in [0, 0.05) is 12.0 Å². The van der Waals surface area contributed by atoms with E-state index in [0.717, 1.165) is 45.0 Å². The minimum absolute atomic E-state index is 0.185. The predicted octanol–water partition coefficient (Wildman–Crippen LogP) is 5.42. The average molecular weight is 382 g/mol. The third-order valence-electron chi connectivity index (χ3n) is 3.78. The second-order valence-corrected chi connectivity index (χ2v) is 6.76. The molecule has 0 saturated heterocycles. The van der Waals surface area contributed by atoms with Crippen LogP contribution in [0.4, 0.5) is 0 Å². The zero-order chi connectivity index (χ0) is 15.7. The summed E-state index contributed by atoms with van der Waals surface area (Å²) in [6.45, 7) is 4.73. The van der Waals surface area contributed by atoms with Gasteiger partial charge in [0.25, 0.3) is 0 Å². The Hall–Kier alpha value is -1.19. The molecule has 0 fully saturated rings. The Kier molecular flexibility index (Phi) is 4.65. The van der Waals surface area contributed by atoms with Crippen LogP contribution in [0.2, 0.25) is 5.02 Å². The van der Waals surface area contributed by atoms with Crippen LogP contribution in [0.15, 0.2) is 34.8 Å². The molecule has 0 aromatic heterocycles. The van der Waals surface area contributed by atoms with E-state index in [9.17, 15) is 0 Å². The lowest BCUT2D eigenvalue weighted by Gasteiger charge is -2.11. The highest BCUT2D eigenvalue weighted by molar-refractivity contribution is 9.10. The molecule has 0 amide bonds. The first-order chi connectivity index (χ1) is 10.6. The van der Waals surface area contributed by atoms with Crippen molar-refractivity contribution < 1.29 is 9.47 Å². The summed E-state index contributed by atoms with van der Waals surface area (Å²) in [5.74, 6) is 1.79. The minimum Gasteiger partial charge on any atom is -0.494 e. The van der Waals surface area contributed by atoms with Gasteiger partial charge in [0.15, 0.2) is 0 Å². The first-order valence-corrected chi connectivity index (χ1v) is 8.63. The zero-order valence-corrected chi connectivity index (χ0v) is 15.0. The maximum Gasteiger partial charge on any atom is 0.138 e. The van der Waals surface area contributed by atoms with E-state index < -0.39 is 0 Å². The van der Waals surface area contributed by atoms with E-state index in [-0.39, 0.29) is 6.10 Å². The monoisotopic (exact) mass is 380 g/mol. The highest BCUT2D eigenvalue weighted by atomic mass is 79.9. The van der Waals surface area contributed by atoms with Gasteiger partial charge in [-0.2, -0.15) is 0 Å². The molecule has 4 heteroatoms. The second-order valence-electron chi connectivity index (χ2n) is 5.53. The molecule has 22 heavy (non-hydrogen) atoms. The molecular weight excluding hydrogens is 364 g/mol. The van der Waals surface area contributed by atoms with Crippen LogP contribution in [0, 0.1) is 0 Å². The largest absolute Gasteiger partial charge is 0.494 e. The van der Waals surface area contributed by atoms with E-state index in [1.807, 2.05) is 19.1 Å². The summed E-state index contributed by atoms with van der Waals surface area (Å²) in [5.41, 5.74) is 3.45. The predicted molar refractivity (Wildman–Crippen MR) is 93.4 cm³/mol. The molecule has 1 heterocycles. The molecule has 0 aliphatic carbocycles. The molecule has 2 nitrogen and oxygen atoms in total. The molecule has 116 valence electrons. The molecule has 3 rings (SSSR count). The summed E-state index contributed by atoms with van der Waals surface area (Å²) >= 11 is 10.2. The summed E-state index contributed by atoms with van der Waals surface area (Å²) in [5, 5.41) is 0.830. The van der Waals surface area contributed by atoms with E-state index in [2.05, 4.69) is 41.1 Å². The van der Waals surface area contributed by atoms with Gasteiger partial charge in [-0.05, 0) is 65.5 Å². The second kappa shape index (κ2) is 6.51. The fourth-order valence-corrected chi connectivity index (χ4v) is 3.67. The van der Waals surface area contributed by atoms with Gasteiger partial charge < -0.3 is 9.47 Å². The normalized spacial score (nSPS) is 16.3. The van der Waals surface area contributed by atoms with Crippen molar-refractivity contribution in [2.24, 2.45) is 0 Å². The van der Waals surface area contributed by atoms with Crippen molar-refractivity contribution in [1.29, 1.82) is 0 Å². The van der Waals surface area contributed by atoms with Gasteiger partial charge in [0.2, 0.25) is 0 Å². The molecule has 0 saturated carbocycles. The Morgan fingerprint density at radius 3 is 2.73 bits per heavy atom. The molecule has 1 aliphatic heterocycles. The number of fused-ring (bicyclic) bond motifs is 1. The van der Waals surface area contributed by atoms with Crippen molar-refractivity contribution in [2.75, 3.05) is 6.61 Å². The molecule has 0 bridgehead atoms. The maximum absolute atomic E-state index is 6.60. The third kappa shape index (κ3) is 3.11. The zero-order valence-electron chi connectivity index (χ0n) is 12.7. The Morgan fingerprint density at radius 2 is 2.05 bits per heavy atom. The first kappa shape index (κ1) is 15.7. The van der Waals surface area contributed by atoms with Crippen LogP contribution in [0.3, 0.4) is 0 Å². The summed E-state index contributed by atoms with van der Waals surface area (Å²) in [6.07, 6.45) is 1.85. The van der Waals surface area contributed by atoms with Gasteiger partial charge in [-0.25, -0.2) is 0 Å². The number of hydrogen-bond donors (Lipinski definition) is 0. The van der Waals surface area contributed by atoms with Crippen LogP contribution >= 0.6 is 27.5 Å². The average Bonchev–Trinajstić information content (AvgIpc) is 2.89. The number of benzene rings is 2. The molecule has 0 radical (unpaired) electrons. The van der Waals surface area contributed by atoms with Crippen LogP contribution in [0.1, 0.15) is 30.5 Å². The molecule has 1 atom stereocenters. The van der Waals surface area contributed by atoms with E-state index in [0.29, 0.717) is 6.61 Å². The molecule has 0 spiro atoms. The van der Waals surface area contributed by atoms with Crippen LogP contribution in [-0.4, -0.2) is 12.7 Å². The first-order valence-electron chi connectivity index (χ1n) is 7.46. The van der Waals surface area contributed by atoms with Gasteiger partial charge in [-0.1, -0.05) is 23.7 Å². The third-order valence-corrected chi connectivity index (χ3v) is 4.84. The fraction of sp³-hybridized carbons (Fsp3) is 0.333. The maximum atomic E-state index is 6.60. The number of hydrogen-bond acceptors (Lipinski definition) is 2. The van der Waals surface area contributed by atoms with Crippen molar-refractivity contribution in [3.63, 3.8) is 0 Å². The van der Waals surface area contributed by atoms with E-state index in [1.54, 1.807) is 0 Å². The van der Waals surface area contributed by atoms with Crippen LogP contribution in [-0.2, 0) is 12.8 Å². The lowest BCUT2D eigenvalue weighted by Crippen LogP contribution is -2.05.